The molecule has 0 aromatic heterocycles. The number of carboxylic acids is 2. The van der Waals surface area contributed by atoms with Crippen LogP contribution in [-0.4, -0.2) is 45.9 Å². The zero-order valence-electron chi connectivity index (χ0n) is 12.9. The first-order valence-electron chi connectivity index (χ1n) is 7.14. The van der Waals surface area contributed by atoms with E-state index in [1.54, 1.807) is 14.2 Å². The molecular formula is C15H22O6Si. The normalized spacial score (nSPS) is 12.3. The molecule has 0 heterocycles. The molecule has 122 valence electrons. The van der Waals surface area contributed by atoms with Crippen LogP contribution in [0, 0.1) is 5.92 Å². The van der Waals surface area contributed by atoms with Gasteiger partial charge in [-0.3, -0.25) is 9.59 Å². The minimum absolute atomic E-state index is 0.320. The molecule has 0 aliphatic rings. The van der Waals surface area contributed by atoms with E-state index in [9.17, 15) is 9.59 Å². The van der Waals surface area contributed by atoms with Crippen molar-refractivity contribution in [3.05, 3.63) is 18.2 Å². The molecule has 0 saturated carbocycles. The Hall–Kier alpha value is -2.02. The number of rotatable bonds is 10. The molecular weight excluding hydrogens is 304 g/mol. The lowest BCUT2D eigenvalue weighted by Gasteiger charge is -2.13. The summed E-state index contributed by atoms with van der Waals surface area (Å²) in [6.07, 6.45) is 0.775. The molecule has 6 nitrogen and oxygen atoms in total. The molecule has 2 N–H and O–H groups in total. The Kier molecular flexibility index (Phi) is 7.45. The van der Waals surface area contributed by atoms with Gasteiger partial charge < -0.3 is 19.7 Å². The molecule has 1 atom stereocenters. The second-order valence-corrected chi connectivity index (χ2v) is 7.00. The zero-order chi connectivity index (χ0) is 16.5. The quantitative estimate of drug-likeness (QED) is 0.489. The zero-order valence-corrected chi connectivity index (χ0v) is 14.3. The summed E-state index contributed by atoms with van der Waals surface area (Å²) < 4.78 is 10.6. The minimum Gasteiger partial charge on any atom is -0.493 e. The molecule has 1 unspecified atom stereocenters. The van der Waals surface area contributed by atoms with Crippen LogP contribution >= 0.6 is 0 Å². The molecule has 7 heteroatoms. The van der Waals surface area contributed by atoms with E-state index in [1.807, 2.05) is 18.2 Å². The molecule has 22 heavy (non-hydrogen) atoms. The lowest BCUT2D eigenvalue weighted by atomic mass is 10.0. The summed E-state index contributed by atoms with van der Waals surface area (Å²) in [6, 6.07) is 6.64. The number of ether oxygens (including phenoxy) is 2. The molecule has 0 aliphatic carbocycles. The minimum atomic E-state index is -1.07. The van der Waals surface area contributed by atoms with E-state index in [1.165, 1.54) is 0 Å². The average molecular weight is 326 g/mol. The number of carboxylic acid groups (broad SMARTS) is 2. The lowest BCUT2D eigenvalue weighted by molar-refractivity contribution is -0.148. The molecule has 0 spiro atoms. The first-order valence-corrected chi connectivity index (χ1v) is 8.84. The van der Waals surface area contributed by atoms with Crippen LogP contribution in [0.5, 0.6) is 11.5 Å². The van der Waals surface area contributed by atoms with Gasteiger partial charge in [0.05, 0.1) is 36.1 Å². The highest BCUT2D eigenvalue weighted by Crippen LogP contribution is 2.23. The number of methoxy groups -OCH3 is 2. The van der Waals surface area contributed by atoms with Crippen molar-refractivity contribution in [2.45, 2.75) is 25.3 Å². The monoisotopic (exact) mass is 326 g/mol. The summed E-state index contributed by atoms with van der Waals surface area (Å²) in [5.74, 6) is -1.47. The Bertz CT molecular complexity index is 517. The molecule has 1 aromatic rings. The van der Waals surface area contributed by atoms with Crippen molar-refractivity contribution in [1.82, 2.24) is 0 Å². The lowest BCUT2D eigenvalue weighted by Crippen LogP contribution is -2.20. The van der Waals surface area contributed by atoms with Crippen LogP contribution in [0.3, 0.4) is 0 Å². The van der Waals surface area contributed by atoms with Gasteiger partial charge in [-0.15, -0.1) is 0 Å². The number of para-hydroxylation sites is 1. The Morgan fingerprint density at radius 2 is 1.95 bits per heavy atom. The highest BCUT2D eigenvalue weighted by Gasteiger charge is 2.20. The summed E-state index contributed by atoms with van der Waals surface area (Å²) in [5.41, 5.74) is 0. The highest BCUT2D eigenvalue weighted by atomic mass is 28.2. The van der Waals surface area contributed by atoms with Crippen LogP contribution in [0.4, 0.5) is 0 Å². The second-order valence-electron chi connectivity index (χ2n) is 5.03. The van der Waals surface area contributed by atoms with Crippen molar-refractivity contribution in [1.29, 1.82) is 0 Å². The molecule has 1 aromatic carbocycles. The highest BCUT2D eigenvalue weighted by molar-refractivity contribution is 6.54. The number of benzene rings is 1. The van der Waals surface area contributed by atoms with Crippen LogP contribution < -0.4 is 14.7 Å². The third-order valence-corrected chi connectivity index (χ3v) is 5.45. The Balaban J connectivity index is 2.53. The third kappa shape index (κ3) is 5.40. The summed E-state index contributed by atoms with van der Waals surface area (Å²) in [6.45, 7) is 0. The Labute approximate surface area is 131 Å². The molecule has 0 aliphatic heterocycles. The summed E-state index contributed by atoms with van der Waals surface area (Å²) >= 11 is 0. The second kappa shape index (κ2) is 9.09. The molecule has 0 radical (unpaired) electrons. The van der Waals surface area contributed by atoms with Gasteiger partial charge in [0.25, 0.3) is 0 Å². The number of hydrogen-bond donors (Lipinski definition) is 2. The summed E-state index contributed by atoms with van der Waals surface area (Å²) in [4.78, 5) is 21.6. The SMILES string of the molecule is COc1cccc([SiH2]CCCC(CC(=O)O)C(=O)O)c1OC. The fourth-order valence-corrected chi connectivity index (χ4v) is 4.15. The molecule has 1 rings (SSSR count). The van der Waals surface area contributed by atoms with E-state index in [4.69, 9.17) is 19.7 Å². The van der Waals surface area contributed by atoms with Gasteiger partial charge in [0.1, 0.15) is 0 Å². The van der Waals surface area contributed by atoms with E-state index in [0.717, 1.165) is 17.0 Å². The Morgan fingerprint density at radius 3 is 2.50 bits per heavy atom. The van der Waals surface area contributed by atoms with Gasteiger partial charge in [-0.1, -0.05) is 24.6 Å². The van der Waals surface area contributed by atoms with Crippen molar-refractivity contribution in [2.75, 3.05) is 14.2 Å². The first-order chi connectivity index (χ1) is 10.5. The standard InChI is InChI=1S/C15H22O6Si/c1-20-11-6-3-7-12(14(11)21-2)22-8-4-5-10(15(18)19)9-13(16)17/h3,6-7,10H,4-5,8-9,22H2,1-2H3,(H,16,17)(H,18,19). The number of hydrogen-bond acceptors (Lipinski definition) is 4. The van der Waals surface area contributed by atoms with Crippen LogP contribution in [0.1, 0.15) is 19.3 Å². The molecule has 0 fully saturated rings. The fourth-order valence-electron chi connectivity index (χ4n) is 2.38. The molecule has 0 bridgehead atoms. The van der Waals surface area contributed by atoms with E-state index in [-0.39, 0.29) is 6.42 Å². The van der Waals surface area contributed by atoms with Crippen LogP contribution in [0.15, 0.2) is 18.2 Å². The van der Waals surface area contributed by atoms with Crippen LogP contribution in [0.25, 0.3) is 0 Å². The van der Waals surface area contributed by atoms with Crippen LogP contribution in [-0.2, 0) is 9.59 Å². The summed E-state index contributed by atoms with van der Waals surface area (Å²) in [7, 11) is 2.57. The number of carbonyl (C=O) groups is 2. The third-order valence-electron chi connectivity index (χ3n) is 3.50. The smallest absolute Gasteiger partial charge is 0.307 e. The van der Waals surface area contributed by atoms with Crippen molar-refractivity contribution >= 4 is 26.6 Å². The van der Waals surface area contributed by atoms with Crippen molar-refractivity contribution < 1.29 is 29.3 Å². The maximum Gasteiger partial charge on any atom is 0.307 e. The topological polar surface area (TPSA) is 93.1 Å². The summed E-state index contributed by atoms with van der Waals surface area (Å²) in [5, 5.41) is 18.8. The van der Waals surface area contributed by atoms with Gasteiger partial charge in [0, 0.05) is 0 Å². The maximum absolute atomic E-state index is 11.0. The van der Waals surface area contributed by atoms with E-state index >= 15 is 0 Å². The predicted molar refractivity (Wildman–Crippen MR) is 85.1 cm³/mol. The average Bonchev–Trinajstić information content (AvgIpc) is 2.49. The van der Waals surface area contributed by atoms with Crippen molar-refractivity contribution in [3.8, 4) is 11.5 Å². The van der Waals surface area contributed by atoms with Crippen molar-refractivity contribution in [3.63, 3.8) is 0 Å². The largest absolute Gasteiger partial charge is 0.493 e. The first kappa shape index (κ1) is 18.0. The van der Waals surface area contributed by atoms with E-state index in [2.05, 4.69) is 0 Å². The van der Waals surface area contributed by atoms with E-state index < -0.39 is 27.4 Å². The van der Waals surface area contributed by atoms with Gasteiger partial charge in [0.15, 0.2) is 11.5 Å². The van der Waals surface area contributed by atoms with Crippen LogP contribution in [0.2, 0.25) is 6.04 Å². The van der Waals surface area contributed by atoms with Gasteiger partial charge in [-0.05, 0) is 17.7 Å². The van der Waals surface area contributed by atoms with Crippen molar-refractivity contribution in [2.24, 2.45) is 5.92 Å². The number of aliphatic carboxylic acids is 2. The maximum atomic E-state index is 11.0. The molecule has 0 amide bonds. The Morgan fingerprint density at radius 1 is 1.23 bits per heavy atom. The van der Waals surface area contributed by atoms with Gasteiger partial charge in [-0.2, -0.15) is 0 Å². The van der Waals surface area contributed by atoms with Gasteiger partial charge >= 0.3 is 11.9 Å². The van der Waals surface area contributed by atoms with Gasteiger partial charge in [0.2, 0.25) is 0 Å². The van der Waals surface area contributed by atoms with E-state index in [0.29, 0.717) is 18.6 Å². The predicted octanol–water partition coefficient (Wildman–Crippen LogP) is 0.872. The van der Waals surface area contributed by atoms with Gasteiger partial charge in [-0.25, -0.2) is 0 Å². The molecule has 0 saturated heterocycles. The fraction of sp³-hybridized carbons (Fsp3) is 0.467.